The first-order valence-corrected chi connectivity index (χ1v) is 8.79. The first-order chi connectivity index (χ1) is 12.5. The van der Waals surface area contributed by atoms with Crippen molar-refractivity contribution < 1.29 is 19.6 Å². The summed E-state index contributed by atoms with van der Waals surface area (Å²) in [7, 11) is 1.44. The van der Waals surface area contributed by atoms with Crippen LogP contribution in [0.1, 0.15) is 12.8 Å². The zero-order chi connectivity index (χ0) is 18.7. The molecule has 26 heavy (non-hydrogen) atoms. The molecule has 0 spiro atoms. The summed E-state index contributed by atoms with van der Waals surface area (Å²) < 4.78 is 5.15. The van der Waals surface area contributed by atoms with Gasteiger partial charge in [-0.25, -0.2) is 4.79 Å². The lowest BCUT2D eigenvalue weighted by molar-refractivity contribution is -0.385. The molecule has 2 aliphatic rings. The van der Waals surface area contributed by atoms with E-state index in [1.165, 1.54) is 18.1 Å². The van der Waals surface area contributed by atoms with Crippen LogP contribution in [0.4, 0.5) is 16.2 Å². The van der Waals surface area contributed by atoms with Crippen molar-refractivity contribution in [1.82, 2.24) is 9.80 Å². The number of hydrogen-bond acceptors (Lipinski definition) is 6. The van der Waals surface area contributed by atoms with Gasteiger partial charge in [-0.3, -0.25) is 15.0 Å². The Hall–Kier alpha value is -2.55. The zero-order valence-corrected chi connectivity index (χ0v) is 14.8. The maximum atomic E-state index is 11.0. The molecule has 0 saturated carbocycles. The second kappa shape index (κ2) is 7.77. The number of nitrogens with zero attached hydrogens (tertiary/aromatic N) is 4. The summed E-state index contributed by atoms with van der Waals surface area (Å²) >= 11 is 0. The molecule has 0 aromatic heterocycles. The topological polar surface area (TPSA) is 99.4 Å². The normalized spacial score (nSPS) is 19.4. The third kappa shape index (κ3) is 3.82. The smallest absolute Gasteiger partial charge is 0.407 e. The first kappa shape index (κ1) is 18.2. The molecule has 0 atom stereocenters. The average molecular weight is 364 g/mol. The number of nitro groups is 1. The van der Waals surface area contributed by atoms with Crippen LogP contribution in [0.25, 0.3) is 0 Å². The minimum absolute atomic E-state index is 0.0255. The van der Waals surface area contributed by atoms with E-state index in [1.54, 1.807) is 12.1 Å². The molecule has 2 fully saturated rings. The molecule has 2 saturated heterocycles. The molecule has 1 N–H and O–H groups in total. The number of rotatable bonds is 4. The van der Waals surface area contributed by atoms with Crippen LogP contribution in [0, 0.1) is 10.1 Å². The zero-order valence-electron chi connectivity index (χ0n) is 14.8. The Labute approximate surface area is 151 Å². The van der Waals surface area contributed by atoms with Crippen molar-refractivity contribution in [3.8, 4) is 5.75 Å². The highest BCUT2D eigenvalue weighted by molar-refractivity contribution is 5.65. The Morgan fingerprint density at radius 1 is 1.19 bits per heavy atom. The number of nitro benzene ring substituents is 1. The first-order valence-electron chi connectivity index (χ1n) is 8.79. The van der Waals surface area contributed by atoms with Crippen LogP contribution >= 0.6 is 0 Å². The highest BCUT2D eigenvalue weighted by Crippen LogP contribution is 2.33. The average Bonchev–Trinajstić information content (AvgIpc) is 2.67. The van der Waals surface area contributed by atoms with Gasteiger partial charge in [0.2, 0.25) is 0 Å². The largest absolute Gasteiger partial charge is 0.490 e. The van der Waals surface area contributed by atoms with Crippen molar-refractivity contribution in [2.24, 2.45) is 0 Å². The van der Waals surface area contributed by atoms with Crippen molar-refractivity contribution in [1.29, 1.82) is 0 Å². The number of piperazine rings is 1. The van der Waals surface area contributed by atoms with Gasteiger partial charge in [0.25, 0.3) is 0 Å². The fourth-order valence-electron chi connectivity index (χ4n) is 3.78. The lowest BCUT2D eigenvalue weighted by atomic mass is 10.0. The Kier molecular flexibility index (Phi) is 5.46. The van der Waals surface area contributed by atoms with E-state index in [0.29, 0.717) is 19.1 Å². The number of methoxy groups -OCH3 is 1. The highest BCUT2D eigenvalue weighted by Gasteiger charge is 2.29. The van der Waals surface area contributed by atoms with Crippen molar-refractivity contribution in [2.75, 3.05) is 51.3 Å². The number of ether oxygens (including phenoxy) is 1. The number of amides is 1. The van der Waals surface area contributed by atoms with Gasteiger partial charge in [0.15, 0.2) is 5.75 Å². The van der Waals surface area contributed by atoms with Crippen molar-refractivity contribution in [3.63, 3.8) is 0 Å². The van der Waals surface area contributed by atoms with Gasteiger partial charge in [-0.1, -0.05) is 0 Å². The van der Waals surface area contributed by atoms with Crippen LogP contribution in [-0.4, -0.2) is 78.3 Å². The highest BCUT2D eigenvalue weighted by atomic mass is 16.6. The Bertz CT molecular complexity index is 667. The molecule has 9 nitrogen and oxygen atoms in total. The van der Waals surface area contributed by atoms with Crippen molar-refractivity contribution in [2.45, 2.75) is 18.9 Å². The number of carboxylic acid groups (broad SMARTS) is 1. The minimum Gasteiger partial charge on any atom is -0.490 e. The Morgan fingerprint density at radius 2 is 1.85 bits per heavy atom. The second-order valence-electron chi connectivity index (χ2n) is 6.64. The summed E-state index contributed by atoms with van der Waals surface area (Å²) in [5.41, 5.74) is 0.907. The number of carbonyl (C=O) groups is 1. The molecule has 0 unspecified atom stereocenters. The van der Waals surface area contributed by atoms with Gasteiger partial charge >= 0.3 is 11.8 Å². The maximum Gasteiger partial charge on any atom is 0.407 e. The van der Waals surface area contributed by atoms with E-state index in [1.807, 2.05) is 0 Å². The predicted octanol–water partition coefficient (Wildman–Crippen LogP) is 1.87. The molecule has 0 aliphatic carbocycles. The van der Waals surface area contributed by atoms with Crippen LogP contribution in [0.2, 0.25) is 0 Å². The summed E-state index contributed by atoms with van der Waals surface area (Å²) in [6, 6.07) is 5.45. The number of piperidine rings is 1. The summed E-state index contributed by atoms with van der Waals surface area (Å²) in [5.74, 6) is 0.277. The van der Waals surface area contributed by atoms with Crippen LogP contribution in [0.15, 0.2) is 18.2 Å². The van der Waals surface area contributed by atoms with E-state index in [4.69, 9.17) is 9.84 Å². The Balaban J connectivity index is 1.57. The molecule has 2 aliphatic heterocycles. The van der Waals surface area contributed by atoms with E-state index < -0.39 is 11.0 Å². The van der Waals surface area contributed by atoms with Crippen molar-refractivity contribution >= 4 is 17.5 Å². The van der Waals surface area contributed by atoms with Gasteiger partial charge in [-0.2, -0.15) is 0 Å². The number of benzene rings is 1. The maximum absolute atomic E-state index is 11.0. The molecule has 0 radical (unpaired) electrons. The van der Waals surface area contributed by atoms with Gasteiger partial charge in [0, 0.05) is 63.1 Å². The van der Waals surface area contributed by atoms with E-state index in [9.17, 15) is 14.9 Å². The van der Waals surface area contributed by atoms with E-state index in [0.717, 1.165) is 44.7 Å². The summed E-state index contributed by atoms with van der Waals surface area (Å²) in [6.45, 7) is 4.42. The van der Waals surface area contributed by atoms with Crippen LogP contribution in [-0.2, 0) is 0 Å². The molecule has 1 amide bonds. The SMILES string of the molecule is COc1cc(N2CCC(N3CCN(C(=O)O)CC3)CC2)ccc1[N+](=O)[O-]. The Morgan fingerprint density at radius 3 is 2.38 bits per heavy atom. The van der Waals surface area contributed by atoms with Crippen LogP contribution in [0.3, 0.4) is 0 Å². The summed E-state index contributed by atoms with van der Waals surface area (Å²) in [5, 5.41) is 20.1. The number of anilines is 1. The number of hydrogen-bond donors (Lipinski definition) is 1. The van der Waals surface area contributed by atoms with Gasteiger partial charge in [-0.15, -0.1) is 0 Å². The van der Waals surface area contributed by atoms with Crippen LogP contribution < -0.4 is 9.64 Å². The summed E-state index contributed by atoms with van der Waals surface area (Å²) in [4.78, 5) is 27.7. The van der Waals surface area contributed by atoms with Gasteiger partial charge in [0.1, 0.15) is 0 Å². The molecule has 9 heteroatoms. The monoisotopic (exact) mass is 364 g/mol. The third-order valence-corrected chi connectivity index (χ3v) is 5.29. The second-order valence-corrected chi connectivity index (χ2v) is 6.64. The van der Waals surface area contributed by atoms with Gasteiger partial charge in [0.05, 0.1) is 12.0 Å². The van der Waals surface area contributed by atoms with Crippen LogP contribution in [0.5, 0.6) is 5.75 Å². The lowest BCUT2D eigenvalue weighted by Crippen LogP contribution is -2.54. The molecular formula is C17H24N4O5. The molecule has 0 bridgehead atoms. The standard InChI is InChI=1S/C17H24N4O5/c1-26-16-12-14(2-3-15(16)21(24)25)18-6-4-13(5-7-18)19-8-10-20(11-9-19)17(22)23/h2-3,12-13H,4-11H2,1H3,(H,22,23). The fraction of sp³-hybridized carbons (Fsp3) is 0.588. The molecule has 3 rings (SSSR count). The lowest BCUT2D eigenvalue weighted by Gasteiger charge is -2.42. The molecule has 2 heterocycles. The van der Waals surface area contributed by atoms with E-state index >= 15 is 0 Å². The van der Waals surface area contributed by atoms with Gasteiger partial charge in [-0.05, 0) is 18.9 Å². The summed E-state index contributed by atoms with van der Waals surface area (Å²) in [6.07, 6.45) is 1.14. The minimum atomic E-state index is -0.841. The van der Waals surface area contributed by atoms with Crippen molar-refractivity contribution in [3.05, 3.63) is 28.3 Å². The quantitative estimate of drug-likeness (QED) is 0.643. The predicted molar refractivity (Wildman–Crippen MR) is 96.1 cm³/mol. The molecule has 142 valence electrons. The molecular weight excluding hydrogens is 340 g/mol. The molecule has 1 aromatic carbocycles. The van der Waals surface area contributed by atoms with E-state index in [-0.39, 0.29) is 11.4 Å². The third-order valence-electron chi connectivity index (χ3n) is 5.29. The fourth-order valence-corrected chi connectivity index (χ4v) is 3.78. The molecule has 1 aromatic rings. The van der Waals surface area contributed by atoms with Gasteiger partial charge < -0.3 is 19.6 Å². The van der Waals surface area contributed by atoms with E-state index in [2.05, 4.69) is 9.80 Å².